The van der Waals surface area contributed by atoms with Gasteiger partial charge in [0, 0.05) is 6.61 Å². The van der Waals surface area contributed by atoms with Crippen LogP contribution in [-0.4, -0.2) is 14.1 Å². The van der Waals surface area contributed by atoms with Crippen LogP contribution in [0.5, 0.6) is 0 Å². The van der Waals surface area contributed by atoms with Crippen LogP contribution in [0.25, 0.3) is 0 Å². The van der Waals surface area contributed by atoms with Gasteiger partial charge in [-0.1, -0.05) is 12.1 Å². The molecule has 0 bridgehead atoms. The van der Waals surface area contributed by atoms with Gasteiger partial charge in [0.25, 0.3) is 7.47 Å². The molecule has 0 radical (unpaired) electrons. The van der Waals surface area contributed by atoms with Gasteiger partial charge in [-0.05, 0) is 12.5 Å². The molecule has 9 heavy (non-hydrogen) atoms. The van der Waals surface area contributed by atoms with Crippen LogP contribution in [0.2, 0.25) is 6.04 Å². The van der Waals surface area contributed by atoms with Gasteiger partial charge in [0.05, 0.1) is 0 Å². The highest BCUT2D eigenvalue weighted by Crippen LogP contribution is 2.25. The molecule has 0 aromatic heterocycles. The molecule has 1 aliphatic rings. The average molecular weight is 160 g/mol. The Morgan fingerprint density at radius 3 is 2.67 bits per heavy atom. The first kappa shape index (κ1) is 7.37. The minimum absolute atomic E-state index is 0.891. The second-order valence-electron chi connectivity index (χ2n) is 2.35. The SMILES string of the molecule is C=C[Si]1(S)CCCCO1. The van der Waals surface area contributed by atoms with Gasteiger partial charge in [-0.15, -0.1) is 6.58 Å². The lowest BCUT2D eigenvalue weighted by Gasteiger charge is -2.26. The fourth-order valence-corrected chi connectivity index (χ4v) is 3.43. The van der Waals surface area contributed by atoms with Gasteiger partial charge in [0.15, 0.2) is 0 Å². The minimum atomic E-state index is -1.65. The molecule has 1 saturated heterocycles. The summed E-state index contributed by atoms with van der Waals surface area (Å²) in [4.78, 5) is 0. The zero-order chi connectivity index (χ0) is 6.74. The summed E-state index contributed by atoms with van der Waals surface area (Å²) in [5, 5.41) is 0. The molecule has 1 rings (SSSR count). The van der Waals surface area contributed by atoms with Gasteiger partial charge < -0.3 is 4.43 Å². The molecule has 52 valence electrons. The van der Waals surface area contributed by atoms with E-state index < -0.39 is 7.47 Å². The monoisotopic (exact) mass is 160 g/mol. The molecular weight excluding hydrogens is 148 g/mol. The van der Waals surface area contributed by atoms with E-state index in [1.807, 2.05) is 5.70 Å². The molecule has 3 heteroatoms. The number of thiol groups is 1. The molecule has 1 unspecified atom stereocenters. The van der Waals surface area contributed by atoms with Crippen molar-refractivity contribution < 1.29 is 4.43 Å². The Morgan fingerprint density at radius 2 is 2.33 bits per heavy atom. The van der Waals surface area contributed by atoms with Crippen molar-refractivity contribution in [3.8, 4) is 0 Å². The van der Waals surface area contributed by atoms with Crippen LogP contribution in [0.4, 0.5) is 0 Å². The van der Waals surface area contributed by atoms with Crippen molar-refractivity contribution in [2.24, 2.45) is 0 Å². The van der Waals surface area contributed by atoms with Gasteiger partial charge in [0.1, 0.15) is 0 Å². The third-order valence-electron chi connectivity index (χ3n) is 1.60. The van der Waals surface area contributed by atoms with E-state index >= 15 is 0 Å². The van der Waals surface area contributed by atoms with Gasteiger partial charge in [0.2, 0.25) is 0 Å². The zero-order valence-corrected chi connectivity index (χ0v) is 7.36. The summed E-state index contributed by atoms with van der Waals surface area (Å²) in [5.41, 5.74) is 1.91. The Labute approximate surface area is 62.3 Å². The molecule has 0 aromatic rings. The number of rotatable bonds is 1. The first-order valence-electron chi connectivity index (χ1n) is 3.27. The molecule has 1 heterocycles. The molecular formula is C6H12OSSi. The minimum Gasteiger partial charge on any atom is -0.404 e. The third-order valence-corrected chi connectivity index (χ3v) is 5.62. The van der Waals surface area contributed by atoms with Crippen LogP contribution in [0.15, 0.2) is 12.3 Å². The predicted octanol–water partition coefficient (Wildman–Crippen LogP) is 1.89. The molecule has 0 spiro atoms. The Kier molecular flexibility index (Phi) is 2.38. The number of hydrogen-bond donors (Lipinski definition) is 1. The van der Waals surface area contributed by atoms with E-state index in [1.165, 1.54) is 12.8 Å². The van der Waals surface area contributed by atoms with Gasteiger partial charge in [-0.2, -0.15) is 12.1 Å². The molecule has 1 atom stereocenters. The predicted molar refractivity (Wildman–Crippen MR) is 44.9 cm³/mol. The van der Waals surface area contributed by atoms with E-state index in [4.69, 9.17) is 4.43 Å². The molecule has 0 amide bonds. The van der Waals surface area contributed by atoms with Crippen LogP contribution in [-0.2, 0) is 4.43 Å². The standard InChI is InChI=1S/C6H12OSSi/c1-2-9(8)6-4-3-5-7-9/h2,8H,1,3-6H2. The Morgan fingerprint density at radius 1 is 1.56 bits per heavy atom. The fourth-order valence-electron chi connectivity index (χ4n) is 0.962. The average Bonchev–Trinajstić information content (AvgIpc) is 1.90. The van der Waals surface area contributed by atoms with Crippen molar-refractivity contribution in [1.29, 1.82) is 0 Å². The second-order valence-corrected chi connectivity index (χ2v) is 7.51. The highest BCUT2D eigenvalue weighted by molar-refractivity contribution is 8.14. The zero-order valence-electron chi connectivity index (χ0n) is 5.47. The highest BCUT2D eigenvalue weighted by atomic mass is 32.3. The summed E-state index contributed by atoms with van der Waals surface area (Å²) in [5.74, 6) is 0. The molecule has 1 fully saturated rings. The van der Waals surface area contributed by atoms with Crippen molar-refractivity contribution in [3.63, 3.8) is 0 Å². The maximum atomic E-state index is 5.50. The topological polar surface area (TPSA) is 9.23 Å². The van der Waals surface area contributed by atoms with Gasteiger partial charge >= 0.3 is 0 Å². The lowest BCUT2D eigenvalue weighted by molar-refractivity contribution is 0.289. The van der Waals surface area contributed by atoms with Crippen LogP contribution in [0.3, 0.4) is 0 Å². The summed E-state index contributed by atoms with van der Waals surface area (Å²) < 4.78 is 5.50. The van der Waals surface area contributed by atoms with Gasteiger partial charge in [-0.3, -0.25) is 0 Å². The maximum Gasteiger partial charge on any atom is 0.275 e. The fraction of sp³-hybridized carbons (Fsp3) is 0.667. The van der Waals surface area contributed by atoms with Crippen molar-refractivity contribution in [1.82, 2.24) is 0 Å². The summed E-state index contributed by atoms with van der Waals surface area (Å²) in [6.45, 7) is 4.61. The molecule has 0 N–H and O–H groups in total. The van der Waals surface area contributed by atoms with Crippen molar-refractivity contribution in [2.45, 2.75) is 18.9 Å². The van der Waals surface area contributed by atoms with E-state index in [0.717, 1.165) is 12.7 Å². The smallest absolute Gasteiger partial charge is 0.275 e. The summed E-state index contributed by atoms with van der Waals surface area (Å²) in [7, 11) is -1.65. The second kappa shape index (κ2) is 2.90. The summed E-state index contributed by atoms with van der Waals surface area (Å²) in [6, 6.07) is 1.14. The first-order chi connectivity index (χ1) is 4.27. The van der Waals surface area contributed by atoms with Crippen LogP contribution in [0, 0.1) is 0 Å². The first-order valence-corrected chi connectivity index (χ1v) is 6.75. The quantitative estimate of drug-likeness (QED) is 0.455. The number of hydrogen-bond acceptors (Lipinski definition) is 2. The van der Waals surface area contributed by atoms with Crippen molar-refractivity contribution >= 4 is 19.5 Å². The van der Waals surface area contributed by atoms with Crippen molar-refractivity contribution in [2.75, 3.05) is 6.61 Å². The largest absolute Gasteiger partial charge is 0.404 e. The van der Waals surface area contributed by atoms with Crippen molar-refractivity contribution in [3.05, 3.63) is 12.3 Å². The normalized spacial score (nSPS) is 36.1. The maximum absolute atomic E-state index is 5.50. The van der Waals surface area contributed by atoms with Crippen LogP contribution < -0.4 is 0 Å². The molecule has 0 aromatic carbocycles. The lowest BCUT2D eigenvalue weighted by atomic mass is 10.4. The van der Waals surface area contributed by atoms with E-state index in [0.29, 0.717) is 0 Å². The summed E-state index contributed by atoms with van der Waals surface area (Å²) in [6.07, 6.45) is 2.46. The summed E-state index contributed by atoms with van der Waals surface area (Å²) >= 11 is 4.45. The van der Waals surface area contributed by atoms with Gasteiger partial charge in [-0.25, -0.2) is 0 Å². The molecule has 0 saturated carbocycles. The Bertz CT molecular complexity index is 110. The van der Waals surface area contributed by atoms with E-state index in [1.54, 1.807) is 0 Å². The Balaban J connectivity index is 2.46. The van der Waals surface area contributed by atoms with E-state index in [2.05, 4.69) is 18.7 Å². The van der Waals surface area contributed by atoms with E-state index in [-0.39, 0.29) is 0 Å². The molecule has 1 aliphatic heterocycles. The lowest BCUT2D eigenvalue weighted by Crippen LogP contribution is -2.33. The molecule has 0 aliphatic carbocycles. The third kappa shape index (κ3) is 1.84. The van der Waals surface area contributed by atoms with Crippen LogP contribution >= 0.6 is 12.1 Å². The Hall–Kier alpha value is 0.267. The van der Waals surface area contributed by atoms with E-state index in [9.17, 15) is 0 Å². The van der Waals surface area contributed by atoms with Crippen LogP contribution in [0.1, 0.15) is 12.8 Å². The molecule has 1 nitrogen and oxygen atoms in total. The highest BCUT2D eigenvalue weighted by Gasteiger charge is 2.28.